The summed E-state index contributed by atoms with van der Waals surface area (Å²) in [6, 6.07) is 3.85. The number of nitrogens with zero attached hydrogens (tertiary/aromatic N) is 1. The summed E-state index contributed by atoms with van der Waals surface area (Å²) in [6.07, 6.45) is 4.40. The summed E-state index contributed by atoms with van der Waals surface area (Å²) in [5.41, 5.74) is 3.84. The Morgan fingerprint density at radius 3 is 2.45 bits per heavy atom. The van der Waals surface area contributed by atoms with E-state index in [0.29, 0.717) is 29.1 Å². The zero-order valence-electron chi connectivity index (χ0n) is 20.1. The first-order valence-electron chi connectivity index (χ1n) is 11.6. The molecule has 3 aliphatic rings. The van der Waals surface area contributed by atoms with Gasteiger partial charge in [-0.05, 0) is 71.6 Å². The highest BCUT2D eigenvalue weighted by atomic mass is 79.9. The van der Waals surface area contributed by atoms with Gasteiger partial charge in [0.15, 0.2) is 17.3 Å². The Labute approximate surface area is 204 Å². The van der Waals surface area contributed by atoms with Gasteiger partial charge >= 0.3 is 0 Å². The number of hydrogen-bond donors (Lipinski definition) is 1. The SMILES string of the molecule is COc1cc([C@H]2C(C(=O)N3CCCCC3)=C(C)NC3=C2C(=O)CC(C)(C)C3)cc(Br)c1OC. The molecule has 1 fully saturated rings. The molecule has 7 heteroatoms. The second-order valence-corrected chi connectivity index (χ2v) is 10.9. The Kier molecular flexibility index (Phi) is 6.63. The monoisotopic (exact) mass is 516 g/mol. The molecule has 1 N–H and O–H groups in total. The molecule has 1 amide bonds. The first-order chi connectivity index (χ1) is 15.7. The number of methoxy groups -OCH3 is 2. The molecule has 0 bridgehead atoms. The van der Waals surface area contributed by atoms with Gasteiger partial charge in [-0.1, -0.05) is 13.8 Å². The van der Waals surface area contributed by atoms with Crippen LogP contribution in [0.3, 0.4) is 0 Å². The molecule has 1 saturated heterocycles. The number of hydrogen-bond acceptors (Lipinski definition) is 5. The number of likely N-dealkylation sites (tertiary alicyclic amines) is 1. The minimum absolute atomic E-state index is 0.0137. The molecule has 0 unspecified atom stereocenters. The minimum atomic E-state index is -0.449. The van der Waals surface area contributed by atoms with E-state index in [9.17, 15) is 9.59 Å². The van der Waals surface area contributed by atoms with Gasteiger partial charge in [0.1, 0.15) is 0 Å². The summed E-state index contributed by atoms with van der Waals surface area (Å²) in [5, 5.41) is 3.46. The lowest BCUT2D eigenvalue weighted by molar-refractivity contribution is -0.128. The highest BCUT2D eigenvalue weighted by Gasteiger charge is 2.44. The zero-order valence-corrected chi connectivity index (χ0v) is 21.7. The molecule has 2 heterocycles. The molecule has 0 saturated carbocycles. The molecule has 2 aliphatic heterocycles. The fourth-order valence-electron chi connectivity index (χ4n) is 5.42. The van der Waals surface area contributed by atoms with Crippen LogP contribution >= 0.6 is 15.9 Å². The number of amides is 1. The molecule has 178 valence electrons. The predicted octanol–water partition coefficient (Wildman–Crippen LogP) is 5.08. The van der Waals surface area contributed by atoms with Crippen molar-refractivity contribution in [2.45, 2.75) is 58.8 Å². The Morgan fingerprint density at radius 1 is 1.12 bits per heavy atom. The largest absolute Gasteiger partial charge is 0.493 e. The number of Topliss-reactive ketones (excluding diaryl/α,β-unsaturated/α-hetero) is 1. The van der Waals surface area contributed by atoms with Gasteiger partial charge in [0.2, 0.25) is 0 Å². The predicted molar refractivity (Wildman–Crippen MR) is 131 cm³/mol. The molecule has 1 aromatic rings. The second kappa shape index (κ2) is 9.16. The van der Waals surface area contributed by atoms with E-state index in [1.54, 1.807) is 14.2 Å². The van der Waals surface area contributed by atoms with Crippen molar-refractivity contribution >= 4 is 27.6 Å². The third kappa shape index (κ3) is 4.44. The van der Waals surface area contributed by atoms with Gasteiger partial charge in [-0.3, -0.25) is 9.59 Å². The van der Waals surface area contributed by atoms with E-state index in [0.717, 1.165) is 60.2 Å². The summed E-state index contributed by atoms with van der Waals surface area (Å²) in [4.78, 5) is 29.3. The van der Waals surface area contributed by atoms with Gasteiger partial charge in [0.25, 0.3) is 5.91 Å². The summed E-state index contributed by atoms with van der Waals surface area (Å²) < 4.78 is 11.8. The maximum atomic E-state index is 13.8. The lowest BCUT2D eigenvalue weighted by atomic mass is 9.68. The van der Waals surface area contributed by atoms with Crippen molar-refractivity contribution in [1.29, 1.82) is 0 Å². The molecule has 4 rings (SSSR count). The molecule has 33 heavy (non-hydrogen) atoms. The summed E-state index contributed by atoms with van der Waals surface area (Å²) in [7, 11) is 3.19. The smallest absolute Gasteiger partial charge is 0.252 e. The number of allylic oxidation sites excluding steroid dienone is 3. The second-order valence-electron chi connectivity index (χ2n) is 10.0. The highest BCUT2D eigenvalue weighted by Crippen LogP contribution is 2.49. The van der Waals surface area contributed by atoms with E-state index >= 15 is 0 Å². The van der Waals surface area contributed by atoms with Crippen molar-refractivity contribution in [2.24, 2.45) is 5.41 Å². The number of carbonyl (C=O) groups is 2. The maximum Gasteiger partial charge on any atom is 0.252 e. The molecular formula is C26H33BrN2O4. The number of nitrogens with one attached hydrogen (secondary N) is 1. The Morgan fingerprint density at radius 2 is 1.82 bits per heavy atom. The third-order valence-corrected chi connectivity index (χ3v) is 7.49. The fourth-order valence-corrected chi connectivity index (χ4v) is 6.05. The van der Waals surface area contributed by atoms with E-state index in [4.69, 9.17) is 9.47 Å². The summed E-state index contributed by atoms with van der Waals surface area (Å²) >= 11 is 3.60. The van der Waals surface area contributed by atoms with Gasteiger partial charge in [0.05, 0.1) is 18.7 Å². The number of halogens is 1. The summed E-state index contributed by atoms with van der Waals surface area (Å²) in [5.74, 6) is 0.815. The maximum absolute atomic E-state index is 13.8. The van der Waals surface area contributed by atoms with Crippen LogP contribution in [-0.2, 0) is 9.59 Å². The van der Waals surface area contributed by atoms with Crippen LogP contribution in [0.2, 0.25) is 0 Å². The molecule has 1 aromatic carbocycles. The van der Waals surface area contributed by atoms with Crippen molar-refractivity contribution in [3.05, 3.63) is 44.7 Å². The zero-order chi connectivity index (χ0) is 23.9. The number of dihydropyridines is 1. The number of benzene rings is 1. The van der Waals surface area contributed by atoms with E-state index < -0.39 is 5.92 Å². The molecule has 0 radical (unpaired) electrons. The third-order valence-electron chi connectivity index (χ3n) is 6.90. The molecule has 6 nitrogen and oxygen atoms in total. The number of ether oxygens (including phenoxy) is 2. The Hall–Kier alpha value is -2.28. The summed E-state index contributed by atoms with van der Waals surface area (Å²) in [6.45, 7) is 7.70. The van der Waals surface area contributed by atoms with Crippen LogP contribution in [0.4, 0.5) is 0 Å². The lowest BCUT2D eigenvalue weighted by Gasteiger charge is -2.41. The Bertz CT molecular complexity index is 1050. The van der Waals surface area contributed by atoms with Gasteiger partial charge in [0, 0.05) is 48.0 Å². The van der Waals surface area contributed by atoms with Crippen molar-refractivity contribution in [1.82, 2.24) is 10.2 Å². The van der Waals surface area contributed by atoms with Gasteiger partial charge in [-0.25, -0.2) is 0 Å². The van der Waals surface area contributed by atoms with E-state index in [2.05, 4.69) is 35.1 Å². The quantitative estimate of drug-likeness (QED) is 0.603. The Balaban J connectivity index is 1.89. The molecule has 0 aromatic heterocycles. The van der Waals surface area contributed by atoms with Crippen LogP contribution in [0.15, 0.2) is 39.1 Å². The van der Waals surface area contributed by atoms with E-state index in [1.807, 2.05) is 24.0 Å². The average Bonchev–Trinajstić information content (AvgIpc) is 2.76. The number of rotatable bonds is 4. The van der Waals surface area contributed by atoms with Crippen LogP contribution in [0.5, 0.6) is 11.5 Å². The normalized spacial score (nSPS) is 22.7. The van der Waals surface area contributed by atoms with E-state index in [-0.39, 0.29) is 17.1 Å². The van der Waals surface area contributed by atoms with Crippen molar-refractivity contribution in [3.63, 3.8) is 0 Å². The fraction of sp³-hybridized carbons (Fsp3) is 0.538. The topological polar surface area (TPSA) is 67.9 Å². The van der Waals surface area contributed by atoms with Crippen LogP contribution in [-0.4, -0.2) is 43.9 Å². The highest BCUT2D eigenvalue weighted by molar-refractivity contribution is 9.10. The first-order valence-corrected chi connectivity index (χ1v) is 12.4. The average molecular weight is 517 g/mol. The minimum Gasteiger partial charge on any atom is -0.493 e. The van der Waals surface area contributed by atoms with Gasteiger partial charge in [-0.2, -0.15) is 0 Å². The van der Waals surface area contributed by atoms with Gasteiger partial charge in [-0.15, -0.1) is 0 Å². The van der Waals surface area contributed by atoms with Crippen LogP contribution in [0, 0.1) is 5.41 Å². The molecular weight excluding hydrogens is 484 g/mol. The van der Waals surface area contributed by atoms with Crippen molar-refractivity contribution in [3.8, 4) is 11.5 Å². The standard InChI is InChI=1S/C26H33BrN2O4/c1-15-21(25(31)29-9-7-6-8-10-29)22(16-11-17(27)24(33-5)20(12-16)32-4)23-18(28-15)13-26(2,3)14-19(23)30/h11-12,22,28H,6-10,13-14H2,1-5H3/t22-/m0/s1. The van der Waals surface area contributed by atoms with Crippen molar-refractivity contribution in [2.75, 3.05) is 27.3 Å². The lowest BCUT2D eigenvalue weighted by Crippen LogP contribution is -2.43. The van der Waals surface area contributed by atoms with Crippen molar-refractivity contribution < 1.29 is 19.1 Å². The van der Waals surface area contributed by atoms with E-state index in [1.165, 1.54) is 0 Å². The van der Waals surface area contributed by atoms with Crippen LogP contribution < -0.4 is 14.8 Å². The molecule has 1 aliphatic carbocycles. The number of carbonyl (C=O) groups excluding carboxylic acids is 2. The molecule has 0 spiro atoms. The molecule has 1 atom stereocenters. The van der Waals surface area contributed by atoms with Gasteiger partial charge < -0.3 is 19.7 Å². The van der Waals surface area contributed by atoms with Crippen LogP contribution in [0.1, 0.15) is 64.4 Å². The first kappa shape index (κ1) is 23.9. The number of ketones is 1. The number of piperidine rings is 1. The van der Waals surface area contributed by atoms with Crippen LogP contribution in [0.25, 0.3) is 0 Å².